The summed E-state index contributed by atoms with van der Waals surface area (Å²) in [4.78, 5) is 26.5. The smallest absolute Gasteiger partial charge is 0.220 e. The van der Waals surface area contributed by atoms with E-state index in [-0.39, 0.29) is 36.4 Å². The fraction of sp³-hybridized carbons (Fsp3) is 0.364. The molecular weight excluding hydrogens is 343 g/mol. The van der Waals surface area contributed by atoms with E-state index in [0.29, 0.717) is 12.1 Å². The van der Waals surface area contributed by atoms with Crippen LogP contribution in [0.4, 0.5) is 10.1 Å². The number of amides is 1. The first-order valence-corrected chi connectivity index (χ1v) is 9.41. The molecular formula is C22H25FN2O2. The van der Waals surface area contributed by atoms with Crippen molar-refractivity contribution in [2.45, 2.75) is 38.6 Å². The van der Waals surface area contributed by atoms with Crippen molar-refractivity contribution >= 4 is 17.4 Å². The van der Waals surface area contributed by atoms with Crippen molar-refractivity contribution in [3.63, 3.8) is 0 Å². The molecule has 0 aliphatic carbocycles. The number of Topliss-reactive ketones (excluding diaryl/α,β-unsaturated/α-hetero) is 1. The molecule has 1 atom stereocenters. The summed E-state index contributed by atoms with van der Waals surface area (Å²) in [6.45, 7) is 3.47. The van der Waals surface area contributed by atoms with E-state index in [4.69, 9.17) is 0 Å². The summed E-state index contributed by atoms with van der Waals surface area (Å²) in [5.41, 5.74) is 2.58. The van der Waals surface area contributed by atoms with E-state index in [1.165, 1.54) is 12.1 Å². The molecule has 1 amide bonds. The summed E-state index contributed by atoms with van der Waals surface area (Å²) in [7, 11) is 0. The van der Waals surface area contributed by atoms with Crippen LogP contribution in [0.5, 0.6) is 0 Å². The van der Waals surface area contributed by atoms with Crippen molar-refractivity contribution in [1.82, 2.24) is 5.32 Å². The lowest BCUT2D eigenvalue weighted by Crippen LogP contribution is -2.47. The number of carbonyl (C=O) groups is 2. The molecule has 1 fully saturated rings. The SMILES string of the molecule is Cc1ccc(C(=O)CCC(=O)NC2CCCN(c3cccc(F)c3)C2)cc1. The van der Waals surface area contributed by atoms with Crippen LogP contribution in [0.1, 0.15) is 41.6 Å². The quantitative estimate of drug-likeness (QED) is 0.787. The highest BCUT2D eigenvalue weighted by molar-refractivity contribution is 5.98. The first kappa shape index (κ1) is 19.1. The number of aryl methyl sites for hydroxylation is 1. The van der Waals surface area contributed by atoms with E-state index in [0.717, 1.165) is 30.6 Å². The van der Waals surface area contributed by atoms with Crippen molar-refractivity contribution < 1.29 is 14.0 Å². The monoisotopic (exact) mass is 368 g/mol. The molecule has 1 saturated heterocycles. The van der Waals surface area contributed by atoms with Crippen LogP contribution in [0.3, 0.4) is 0 Å². The maximum Gasteiger partial charge on any atom is 0.220 e. The maximum atomic E-state index is 13.4. The lowest BCUT2D eigenvalue weighted by Gasteiger charge is -2.34. The van der Waals surface area contributed by atoms with Gasteiger partial charge in [-0.1, -0.05) is 35.9 Å². The van der Waals surface area contributed by atoms with E-state index in [2.05, 4.69) is 10.2 Å². The molecule has 1 heterocycles. The number of benzene rings is 2. The lowest BCUT2D eigenvalue weighted by molar-refractivity contribution is -0.121. The summed E-state index contributed by atoms with van der Waals surface area (Å²) < 4.78 is 13.4. The Labute approximate surface area is 159 Å². The normalized spacial score (nSPS) is 16.8. The molecule has 0 radical (unpaired) electrons. The third kappa shape index (κ3) is 5.39. The van der Waals surface area contributed by atoms with Crippen LogP contribution in [-0.4, -0.2) is 30.8 Å². The number of nitrogens with one attached hydrogen (secondary N) is 1. The third-order valence-corrected chi connectivity index (χ3v) is 4.91. The minimum atomic E-state index is -0.256. The van der Waals surface area contributed by atoms with Crippen molar-refractivity contribution in [3.8, 4) is 0 Å². The summed E-state index contributed by atoms with van der Waals surface area (Å²) in [6, 6.07) is 13.9. The number of hydrogen-bond donors (Lipinski definition) is 1. The van der Waals surface area contributed by atoms with E-state index < -0.39 is 0 Å². The van der Waals surface area contributed by atoms with Gasteiger partial charge in [-0.15, -0.1) is 0 Å². The number of nitrogens with zero attached hydrogens (tertiary/aromatic N) is 1. The van der Waals surface area contributed by atoms with E-state index in [9.17, 15) is 14.0 Å². The predicted octanol–water partition coefficient (Wildman–Crippen LogP) is 3.88. The first-order valence-electron chi connectivity index (χ1n) is 9.41. The summed E-state index contributed by atoms with van der Waals surface area (Å²) in [6.07, 6.45) is 2.21. The highest BCUT2D eigenvalue weighted by Gasteiger charge is 2.22. The van der Waals surface area contributed by atoms with E-state index in [1.807, 2.05) is 25.1 Å². The van der Waals surface area contributed by atoms with Gasteiger partial charge in [0.2, 0.25) is 5.91 Å². The minimum absolute atomic E-state index is 0.0176. The highest BCUT2D eigenvalue weighted by Crippen LogP contribution is 2.21. The molecule has 1 aliphatic heterocycles. The van der Waals surface area contributed by atoms with Crippen LogP contribution in [-0.2, 0) is 4.79 Å². The molecule has 0 saturated carbocycles. The van der Waals surface area contributed by atoms with Gasteiger partial charge in [0.1, 0.15) is 5.82 Å². The second-order valence-corrected chi connectivity index (χ2v) is 7.12. The van der Waals surface area contributed by atoms with Gasteiger partial charge in [0, 0.05) is 43.2 Å². The molecule has 0 bridgehead atoms. The van der Waals surface area contributed by atoms with E-state index >= 15 is 0 Å². The van der Waals surface area contributed by atoms with Crippen LogP contribution < -0.4 is 10.2 Å². The van der Waals surface area contributed by atoms with Crippen LogP contribution in [0, 0.1) is 12.7 Å². The first-order chi connectivity index (χ1) is 13.0. The second-order valence-electron chi connectivity index (χ2n) is 7.12. The van der Waals surface area contributed by atoms with Gasteiger partial charge in [-0.25, -0.2) is 4.39 Å². The molecule has 0 aromatic heterocycles. The number of anilines is 1. The number of halogens is 1. The fourth-order valence-electron chi connectivity index (χ4n) is 3.41. The minimum Gasteiger partial charge on any atom is -0.369 e. The number of carbonyl (C=O) groups excluding carboxylic acids is 2. The van der Waals surface area contributed by atoms with Crippen molar-refractivity contribution in [1.29, 1.82) is 0 Å². The molecule has 1 aliphatic rings. The molecule has 142 valence electrons. The van der Waals surface area contributed by atoms with Gasteiger partial charge >= 0.3 is 0 Å². The Morgan fingerprint density at radius 1 is 1.15 bits per heavy atom. The van der Waals surface area contributed by atoms with Crippen molar-refractivity contribution in [2.75, 3.05) is 18.0 Å². The average molecular weight is 368 g/mol. The molecule has 4 nitrogen and oxygen atoms in total. The van der Waals surface area contributed by atoms with E-state index in [1.54, 1.807) is 18.2 Å². The largest absolute Gasteiger partial charge is 0.369 e. The Hall–Kier alpha value is -2.69. The van der Waals surface area contributed by atoms with Crippen LogP contribution >= 0.6 is 0 Å². The Morgan fingerprint density at radius 2 is 1.93 bits per heavy atom. The van der Waals surface area contributed by atoms with Crippen molar-refractivity contribution in [2.24, 2.45) is 0 Å². The van der Waals surface area contributed by atoms with Gasteiger partial charge in [-0.05, 0) is 38.0 Å². The Bertz CT molecular complexity index is 804. The number of ketones is 1. The summed E-state index contributed by atoms with van der Waals surface area (Å²) in [5.74, 6) is -0.384. The van der Waals surface area contributed by atoms with Crippen molar-refractivity contribution in [3.05, 3.63) is 65.5 Å². The summed E-state index contributed by atoms with van der Waals surface area (Å²) >= 11 is 0. The standard InChI is InChI=1S/C22H25FN2O2/c1-16-7-9-17(10-8-16)21(26)11-12-22(27)24-19-5-3-13-25(15-19)20-6-2-4-18(23)14-20/h2,4,6-10,14,19H,3,5,11-13,15H2,1H3,(H,24,27). The topological polar surface area (TPSA) is 49.4 Å². The second kappa shape index (κ2) is 8.80. The fourth-order valence-corrected chi connectivity index (χ4v) is 3.41. The van der Waals surface area contributed by atoms with Gasteiger partial charge < -0.3 is 10.2 Å². The molecule has 2 aromatic carbocycles. The zero-order valence-corrected chi connectivity index (χ0v) is 15.6. The molecule has 0 spiro atoms. The number of piperidine rings is 1. The van der Waals surface area contributed by atoms with Gasteiger partial charge in [-0.2, -0.15) is 0 Å². The molecule has 27 heavy (non-hydrogen) atoms. The zero-order chi connectivity index (χ0) is 19.2. The Kier molecular flexibility index (Phi) is 6.22. The number of rotatable bonds is 6. The van der Waals surface area contributed by atoms with Crippen LogP contribution in [0.25, 0.3) is 0 Å². The van der Waals surface area contributed by atoms with Gasteiger partial charge in [0.25, 0.3) is 0 Å². The molecule has 3 rings (SSSR count). The maximum absolute atomic E-state index is 13.4. The predicted molar refractivity (Wildman–Crippen MR) is 105 cm³/mol. The molecule has 2 aromatic rings. The number of hydrogen-bond acceptors (Lipinski definition) is 3. The van der Waals surface area contributed by atoms with Gasteiger partial charge in [0.05, 0.1) is 0 Å². The lowest BCUT2D eigenvalue weighted by atomic mass is 10.0. The van der Waals surface area contributed by atoms with Gasteiger partial charge in [0.15, 0.2) is 5.78 Å². The molecule has 1 N–H and O–H groups in total. The molecule has 5 heteroatoms. The average Bonchev–Trinajstić information content (AvgIpc) is 2.67. The Balaban J connectivity index is 1.48. The van der Waals surface area contributed by atoms with Crippen LogP contribution in [0.2, 0.25) is 0 Å². The third-order valence-electron chi connectivity index (χ3n) is 4.91. The van der Waals surface area contributed by atoms with Gasteiger partial charge in [-0.3, -0.25) is 9.59 Å². The van der Waals surface area contributed by atoms with Crippen LogP contribution in [0.15, 0.2) is 48.5 Å². The summed E-state index contributed by atoms with van der Waals surface area (Å²) in [5, 5.41) is 3.02. The molecule has 1 unspecified atom stereocenters. The Morgan fingerprint density at radius 3 is 2.67 bits per heavy atom. The highest BCUT2D eigenvalue weighted by atomic mass is 19.1. The zero-order valence-electron chi connectivity index (χ0n) is 15.6.